The number of carbonyl (C=O) groups is 1. The van der Waals surface area contributed by atoms with Crippen molar-refractivity contribution in [1.82, 2.24) is 24.0 Å². The summed E-state index contributed by atoms with van der Waals surface area (Å²) in [5.41, 5.74) is 3.77. The third-order valence-corrected chi connectivity index (χ3v) is 7.84. The number of nitrogens with two attached hydrogens (primary N) is 1. The predicted molar refractivity (Wildman–Crippen MR) is 136 cm³/mol. The van der Waals surface area contributed by atoms with Gasteiger partial charge in [-0.1, -0.05) is 12.1 Å². The summed E-state index contributed by atoms with van der Waals surface area (Å²) in [5, 5.41) is 11.3. The molecular weight excluding hydrogens is 517 g/mol. The lowest BCUT2D eigenvalue weighted by Crippen LogP contribution is -2.59. The largest absolute Gasteiger partial charge is 0.449 e. The topological polar surface area (TPSA) is 128 Å². The van der Waals surface area contributed by atoms with Gasteiger partial charge in [-0.2, -0.15) is 18.2 Å². The SMILES string of the molecule is C[C@@]1(O)CC2(CCN(C(=O)CCCn3c(C(F)(F)F)nc4ccccc43)CC2)OC[C@H]1n1ccc(N)nc1=O. The second kappa shape index (κ2) is 9.94. The van der Waals surface area contributed by atoms with E-state index in [9.17, 15) is 27.9 Å². The van der Waals surface area contributed by atoms with E-state index in [1.165, 1.54) is 22.9 Å². The summed E-state index contributed by atoms with van der Waals surface area (Å²) in [7, 11) is 0. The lowest BCUT2D eigenvalue weighted by molar-refractivity contribution is -0.198. The van der Waals surface area contributed by atoms with E-state index in [0.29, 0.717) is 31.4 Å². The second-order valence-electron chi connectivity index (χ2n) is 10.6. The number of fused-ring (bicyclic) bond motifs is 1. The first-order valence-corrected chi connectivity index (χ1v) is 12.9. The standard InChI is InChI=1S/C26H31F3N6O4/c1-24(38)16-25(39-15-19(24)35-12-8-20(30)32-23(35)37)9-13-33(14-10-25)21(36)7-4-11-34-18-6-3-2-5-17(18)31-22(34)26(27,28)29/h2-3,5-6,8,12,19,38H,4,7,9-11,13-16H2,1H3,(H2,30,32,37)/t19-,24-/m1/s1. The van der Waals surface area contributed by atoms with Gasteiger partial charge in [0.1, 0.15) is 5.82 Å². The average molecular weight is 549 g/mol. The van der Waals surface area contributed by atoms with Crippen molar-refractivity contribution >= 4 is 22.8 Å². The van der Waals surface area contributed by atoms with Gasteiger partial charge in [-0.25, -0.2) is 9.78 Å². The van der Waals surface area contributed by atoms with Crippen LogP contribution in [-0.2, 0) is 22.3 Å². The molecular formula is C26H31F3N6O4. The van der Waals surface area contributed by atoms with E-state index in [2.05, 4.69) is 9.97 Å². The first-order chi connectivity index (χ1) is 18.4. The van der Waals surface area contributed by atoms with E-state index in [0.717, 1.165) is 4.57 Å². The van der Waals surface area contributed by atoms with Crippen LogP contribution in [0.25, 0.3) is 11.0 Å². The van der Waals surface area contributed by atoms with Gasteiger partial charge in [0.2, 0.25) is 11.7 Å². The van der Waals surface area contributed by atoms with Gasteiger partial charge >= 0.3 is 11.9 Å². The summed E-state index contributed by atoms with van der Waals surface area (Å²) in [6, 6.07) is 7.28. The fourth-order valence-corrected chi connectivity index (χ4v) is 5.85. The van der Waals surface area contributed by atoms with E-state index in [1.807, 2.05) is 0 Å². The molecule has 3 N–H and O–H groups in total. The highest BCUT2D eigenvalue weighted by Gasteiger charge is 2.50. The van der Waals surface area contributed by atoms with Crippen LogP contribution < -0.4 is 11.4 Å². The third-order valence-electron chi connectivity index (χ3n) is 7.84. The Balaban J connectivity index is 1.18. The first-order valence-electron chi connectivity index (χ1n) is 12.9. The van der Waals surface area contributed by atoms with Crippen LogP contribution in [0.2, 0.25) is 0 Å². The zero-order valence-corrected chi connectivity index (χ0v) is 21.5. The van der Waals surface area contributed by atoms with Crippen LogP contribution in [0.4, 0.5) is 19.0 Å². The van der Waals surface area contributed by atoms with Crippen LogP contribution >= 0.6 is 0 Å². The Morgan fingerprint density at radius 1 is 1.21 bits per heavy atom. The van der Waals surface area contributed by atoms with Gasteiger partial charge < -0.3 is 25.0 Å². The quantitative estimate of drug-likeness (QED) is 0.502. The molecule has 0 aliphatic carbocycles. The number of carbonyl (C=O) groups excluding carboxylic acids is 1. The molecule has 10 nitrogen and oxygen atoms in total. The molecule has 2 fully saturated rings. The molecule has 2 aromatic heterocycles. The number of hydrogen-bond acceptors (Lipinski definition) is 7. The molecule has 2 aliphatic rings. The van der Waals surface area contributed by atoms with Crippen LogP contribution in [-0.4, -0.2) is 65.9 Å². The van der Waals surface area contributed by atoms with E-state index in [1.54, 1.807) is 30.0 Å². The summed E-state index contributed by atoms with van der Waals surface area (Å²) in [6.45, 7) is 2.60. The molecule has 1 aromatic carbocycles. The summed E-state index contributed by atoms with van der Waals surface area (Å²) in [4.78, 5) is 34.4. The maximum atomic E-state index is 13.5. The Morgan fingerprint density at radius 2 is 1.92 bits per heavy atom. The summed E-state index contributed by atoms with van der Waals surface area (Å²) in [6.07, 6.45) is -1.48. The van der Waals surface area contributed by atoms with Gasteiger partial charge in [0.15, 0.2) is 0 Å². The summed E-state index contributed by atoms with van der Waals surface area (Å²) < 4.78 is 49.3. The highest BCUT2D eigenvalue weighted by molar-refractivity contribution is 5.77. The second-order valence-corrected chi connectivity index (χ2v) is 10.6. The van der Waals surface area contributed by atoms with E-state index in [-0.39, 0.29) is 49.7 Å². The van der Waals surface area contributed by atoms with Gasteiger partial charge in [0.25, 0.3) is 0 Å². The van der Waals surface area contributed by atoms with Gasteiger partial charge in [-0.3, -0.25) is 9.36 Å². The van der Waals surface area contributed by atoms with Crippen LogP contribution in [0.5, 0.6) is 0 Å². The highest BCUT2D eigenvalue weighted by Crippen LogP contribution is 2.43. The Kier molecular flexibility index (Phi) is 6.91. The molecule has 0 saturated carbocycles. The lowest BCUT2D eigenvalue weighted by atomic mass is 9.75. The number of nitrogens with zero attached hydrogens (tertiary/aromatic N) is 5. The number of anilines is 1. The fraction of sp³-hybridized carbons (Fsp3) is 0.538. The van der Waals surface area contributed by atoms with Gasteiger partial charge in [-0.05, 0) is 44.4 Å². The highest BCUT2D eigenvalue weighted by atomic mass is 19.4. The number of halogens is 3. The number of hydrogen-bond donors (Lipinski definition) is 2. The molecule has 39 heavy (non-hydrogen) atoms. The number of alkyl halides is 3. The fourth-order valence-electron chi connectivity index (χ4n) is 5.85. The Bertz CT molecular complexity index is 1430. The molecule has 13 heteroatoms. The van der Waals surface area contributed by atoms with E-state index < -0.39 is 34.9 Å². The van der Waals surface area contributed by atoms with Crippen LogP contribution in [0.3, 0.4) is 0 Å². The maximum Gasteiger partial charge on any atom is 0.449 e. The summed E-state index contributed by atoms with van der Waals surface area (Å²) in [5.74, 6) is -1.00. The number of aryl methyl sites for hydroxylation is 1. The minimum atomic E-state index is -4.59. The van der Waals surface area contributed by atoms with Gasteiger partial charge in [0.05, 0.1) is 34.9 Å². The van der Waals surface area contributed by atoms with Crippen molar-refractivity contribution in [2.24, 2.45) is 0 Å². The molecule has 4 heterocycles. The van der Waals surface area contributed by atoms with Crippen molar-refractivity contribution < 1.29 is 27.8 Å². The van der Waals surface area contributed by atoms with Crippen LogP contribution in [0.15, 0.2) is 41.3 Å². The van der Waals surface area contributed by atoms with Gasteiger partial charge in [0, 0.05) is 38.7 Å². The number of nitrogen functional groups attached to an aromatic ring is 1. The minimum absolute atomic E-state index is 0.0194. The lowest BCUT2D eigenvalue weighted by Gasteiger charge is -2.51. The number of likely N-dealkylation sites (tertiary alicyclic amines) is 1. The molecule has 5 rings (SSSR count). The van der Waals surface area contributed by atoms with E-state index in [4.69, 9.17) is 10.5 Å². The first kappa shape index (κ1) is 27.1. The number of imidazole rings is 1. The number of piperidine rings is 1. The molecule has 2 aliphatic heterocycles. The number of rotatable bonds is 5. The molecule has 1 amide bonds. The maximum absolute atomic E-state index is 13.5. The molecule has 2 saturated heterocycles. The Labute approximate surface area is 222 Å². The monoisotopic (exact) mass is 548 g/mol. The molecule has 3 aromatic rings. The van der Waals surface area contributed by atoms with E-state index >= 15 is 0 Å². The molecule has 1 spiro atoms. The molecule has 2 atom stereocenters. The summed E-state index contributed by atoms with van der Waals surface area (Å²) >= 11 is 0. The van der Waals surface area contributed by atoms with Crippen molar-refractivity contribution in [3.63, 3.8) is 0 Å². The number of ether oxygens (including phenoxy) is 1. The minimum Gasteiger partial charge on any atom is -0.388 e. The number of para-hydroxylation sites is 2. The molecule has 0 radical (unpaired) electrons. The van der Waals surface area contributed by atoms with Crippen molar-refractivity contribution in [1.29, 1.82) is 0 Å². The Hall–Kier alpha value is -3.45. The van der Waals surface area contributed by atoms with Crippen LogP contribution in [0.1, 0.15) is 50.9 Å². The number of aromatic nitrogens is 4. The molecule has 0 bridgehead atoms. The number of benzene rings is 1. The Morgan fingerprint density at radius 3 is 2.59 bits per heavy atom. The zero-order valence-electron chi connectivity index (χ0n) is 21.5. The van der Waals surface area contributed by atoms with Gasteiger partial charge in [-0.15, -0.1) is 0 Å². The molecule has 210 valence electrons. The van der Waals surface area contributed by atoms with Crippen molar-refractivity contribution in [3.05, 3.63) is 52.8 Å². The smallest absolute Gasteiger partial charge is 0.388 e. The normalized spacial score (nSPS) is 23.4. The van der Waals surface area contributed by atoms with Crippen LogP contribution in [0, 0.1) is 0 Å². The molecule has 0 unspecified atom stereocenters. The van der Waals surface area contributed by atoms with Crippen molar-refractivity contribution in [2.45, 2.75) is 69.0 Å². The zero-order chi connectivity index (χ0) is 28.0. The third kappa shape index (κ3) is 5.37. The van der Waals surface area contributed by atoms with Crippen molar-refractivity contribution in [2.75, 3.05) is 25.4 Å². The number of amides is 1. The predicted octanol–water partition coefficient (Wildman–Crippen LogP) is 2.75. The number of aliphatic hydroxyl groups is 1. The average Bonchev–Trinajstić information content (AvgIpc) is 3.24. The van der Waals surface area contributed by atoms with Crippen molar-refractivity contribution in [3.8, 4) is 0 Å².